The number of ether oxygens (including phenoxy) is 2. The highest BCUT2D eigenvalue weighted by Crippen LogP contribution is 2.40. The first-order valence-electron chi connectivity index (χ1n) is 7.49. The van der Waals surface area contributed by atoms with Crippen LogP contribution in [0.15, 0.2) is 12.1 Å². The van der Waals surface area contributed by atoms with Crippen molar-refractivity contribution in [2.45, 2.75) is 51.6 Å². The summed E-state index contributed by atoms with van der Waals surface area (Å²) < 4.78 is 11.2. The minimum Gasteiger partial charge on any atom is -0.489 e. The van der Waals surface area contributed by atoms with E-state index in [-0.39, 0.29) is 0 Å². The molecule has 0 amide bonds. The lowest BCUT2D eigenvalue weighted by Crippen LogP contribution is -2.00. The fraction of sp³-hybridized carbons (Fsp3) is 0.625. The molecule has 1 aromatic rings. The van der Waals surface area contributed by atoms with Crippen molar-refractivity contribution < 1.29 is 14.6 Å². The number of unbranched alkanes of at least 4 members (excludes halogenated alkanes) is 3. The van der Waals surface area contributed by atoms with Crippen molar-refractivity contribution in [2.24, 2.45) is 0 Å². The van der Waals surface area contributed by atoms with Gasteiger partial charge in [-0.3, -0.25) is 0 Å². The number of hydrogen-bond donors (Lipinski definition) is 1. The summed E-state index contributed by atoms with van der Waals surface area (Å²) in [4.78, 5) is 0. The summed E-state index contributed by atoms with van der Waals surface area (Å²) >= 11 is 6.23. The van der Waals surface area contributed by atoms with E-state index in [9.17, 15) is 5.11 Å². The number of halogens is 1. The van der Waals surface area contributed by atoms with Gasteiger partial charge >= 0.3 is 0 Å². The van der Waals surface area contributed by atoms with Crippen LogP contribution in [-0.4, -0.2) is 18.3 Å². The molecule has 3 nitrogen and oxygen atoms in total. The van der Waals surface area contributed by atoms with Gasteiger partial charge in [-0.15, -0.1) is 0 Å². The molecule has 1 atom stereocenters. The summed E-state index contributed by atoms with van der Waals surface area (Å²) in [6.45, 7) is 3.42. The second-order valence-electron chi connectivity index (χ2n) is 5.25. The first kappa shape index (κ1) is 15.5. The predicted octanol–water partition coefficient (Wildman–Crippen LogP) is 4.51. The van der Waals surface area contributed by atoms with Crippen molar-refractivity contribution in [3.63, 3.8) is 0 Å². The third-order valence-electron chi connectivity index (χ3n) is 3.54. The number of benzene rings is 1. The molecule has 1 heterocycles. The predicted molar refractivity (Wildman–Crippen MR) is 80.8 cm³/mol. The van der Waals surface area contributed by atoms with E-state index in [1.807, 2.05) is 6.07 Å². The maximum absolute atomic E-state index is 10.3. The second kappa shape index (κ2) is 7.75. The van der Waals surface area contributed by atoms with Crippen LogP contribution in [0.5, 0.6) is 11.5 Å². The van der Waals surface area contributed by atoms with Crippen molar-refractivity contribution in [3.05, 3.63) is 22.7 Å². The van der Waals surface area contributed by atoms with Crippen LogP contribution < -0.4 is 9.47 Å². The van der Waals surface area contributed by atoms with Gasteiger partial charge in [-0.2, -0.15) is 0 Å². The normalized spacial score (nSPS) is 15.8. The first-order chi connectivity index (χ1) is 9.72. The minimum atomic E-state index is -0.485. The Morgan fingerprint density at radius 3 is 2.80 bits per heavy atom. The largest absolute Gasteiger partial charge is 0.489 e. The molecule has 1 aliphatic rings. The Morgan fingerprint density at radius 2 is 2.00 bits per heavy atom. The average molecular weight is 299 g/mol. The van der Waals surface area contributed by atoms with Gasteiger partial charge < -0.3 is 14.6 Å². The van der Waals surface area contributed by atoms with Crippen LogP contribution in [0.2, 0.25) is 5.02 Å². The summed E-state index contributed by atoms with van der Waals surface area (Å²) in [6.07, 6.45) is 5.73. The van der Waals surface area contributed by atoms with Gasteiger partial charge in [-0.25, -0.2) is 0 Å². The van der Waals surface area contributed by atoms with Crippen molar-refractivity contribution in [2.75, 3.05) is 13.2 Å². The minimum absolute atomic E-state index is 0.485. The number of aliphatic hydroxyl groups is 1. The quantitative estimate of drug-likeness (QED) is 0.786. The smallest absolute Gasteiger partial charge is 0.179 e. The molecule has 0 saturated heterocycles. The van der Waals surface area contributed by atoms with Crippen molar-refractivity contribution in [1.29, 1.82) is 0 Å². The number of aliphatic hydroxyl groups excluding tert-OH is 1. The maximum Gasteiger partial charge on any atom is 0.179 e. The molecule has 0 aliphatic carbocycles. The Kier molecular flexibility index (Phi) is 5.99. The molecule has 0 aromatic heterocycles. The third-order valence-corrected chi connectivity index (χ3v) is 3.82. The van der Waals surface area contributed by atoms with E-state index >= 15 is 0 Å². The van der Waals surface area contributed by atoms with Crippen LogP contribution in [0.4, 0.5) is 0 Å². The Bertz CT molecular complexity index is 434. The third kappa shape index (κ3) is 4.03. The van der Waals surface area contributed by atoms with Gasteiger partial charge in [0.05, 0.1) is 24.3 Å². The Hall–Kier alpha value is -0.930. The fourth-order valence-corrected chi connectivity index (χ4v) is 2.65. The average Bonchev–Trinajstić information content (AvgIpc) is 2.69. The molecular formula is C16H23ClO3. The summed E-state index contributed by atoms with van der Waals surface area (Å²) in [7, 11) is 0. The Morgan fingerprint density at radius 1 is 1.20 bits per heavy atom. The van der Waals surface area contributed by atoms with Crippen LogP contribution in [0.3, 0.4) is 0 Å². The highest BCUT2D eigenvalue weighted by Gasteiger charge is 2.18. The van der Waals surface area contributed by atoms with Gasteiger partial charge in [0.2, 0.25) is 0 Å². The molecule has 0 spiro atoms. The van der Waals surface area contributed by atoms with E-state index in [0.29, 0.717) is 29.7 Å². The molecule has 1 N–H and O–H groups in total. The van der Waals surface area contributed by atoms with Crippen molar-refractivity contribution >= 4 is 11.6 Å². The van der Waals surface area contributed by atoms with Crippen molar-refractivity contribution in [3.8, 4) is 11.5 Å². The maximum atomic E-state index is 10.3. The highest BCUT2D eigenvalue weighted by atomic mass is 35.5. The van der Waals surface area contributed by atoms with Crippen LogP contribution in [-0.2, 0) is 0 Å². The zero-order chi connectivity index (χ0) is 14.4. The molecule has 20 heavy (non-hydrogen) atoms. The monoisotopic (exact) mass is 298 g/mol. The highest BCUT2D eigenvalue weighted by molar-refractivity contribution is 6.32. The summed E-state index contributed by atoms with van der Waals surface area (Å²) in [5, 5.41) is 10.8. The standard InChI is InChI=1S/C16H23ClO3/c1-2-3-4-5-7-14(18)12-10-13(17)16-15(11-12)19-8-6-9-20-16/h10-11,14,18H,2-9H2,1H3. The molecule has 4 heteroatoms. The van der Waals surface area contributed by atoms with Gasteiger partial charge in [-0.05, 0) is 24.1 Å². The SMILES string of the molecule is CCCCCCC(O)c1cc(Cl)c2c(c1)OCCCO2. The molecule has 1 aromatic carbocycles. The van der Waals surface area contributed by atoms with Crippen LogP contribution in [0.25, 0.3) is 0 Å². The van der Waals surface area contributed by atoms with E-state index in [4.69, 9.17) is 21.1 Å². The van der Waals surface area contributed by atoms with E-state index < -0.39 is 6.10 Å². The van der Waals surface area contributed by atoms with Gasteiger partial charge in [-0.1, -0.05) is 44.2 Å². The number of fused-ring (bicyclic) bond motifs is 1. The van der Waals surface area contributed by atoms with E-state index in [1.165, 1.54) is 12.8 Å². The molecule has 0 bridgehead atoms. The Labute approximate surface area is 125 Å². The lowest BCUT2D eigenvalue weighted by atomic mass is 10.0. The molecule has 0 saturated carbocycles. The van der Waals surface area contributed by atoms with E-state index in [1.54, 1.807) is 6.07 Å². The fourth-order valence-electron chi connectivity index (χ4n) is 2.37. The summed E-state index contributed by atoms with van der Waals surface area (Å²) in [5.41, 5.74) is 0.816. The number of rotatable bonds is 6. The molecule has 0 radical (unpaired) electrons. The van der Waals surface area contributed by atoms with Gasteiger partial charge in [0.1, 0.15) is 0 Å². The Balaban J connectivity index is 2.04. The molecular weight excluding hydrogens is 276 g/mol. The zero-order valence-corrected chi connectivity index (χ0v) is 12.8. The molecule has 1 aliphatic heterocycles. The summed E-state index contributed by atoms with van der Waals surface area (Å²) in [5.74, 6) is 1.25. The van der Waals surface area contributed by atoms with Gasteiger partial charge in [0, 0.05) is 6.42 Å². The number of hydrogen-bond acceptors (Lipinski definition) is 3. The van der Waals surface area contributed by atoms with Crippen LogP contribution in [0.1, 0.15) is 57.1 Å². The lowest BCUT2D eigenvalue weighted by molar-refractivity contribution is 0.163. The lowest BCUT2D eigenvalue weighted by Gasteiger charge is -2.15. The molecule has 0 fully saturated rings. The zero-order valence-electron chi connectivity index (χ0n) is 12.0. The van der Waals surface area contributed by atoms with Crippen LogP contribution >= 0.6 is 11.6 Å². The summed E-state index contributed by atoms with van der Waals surface area (Å²) in [6, 6.07) is 3.65. The molecule has 1 unspecified atom stereocenters. The first-order valence-corrected chi connectivity index (χ1v) is 7.87. The van der Waals surface area contributed by atoms with Crippen LogP contribution in [0, 0.1) is 0 Å². The van der Waals surface area contributed by atoms with E-state index in [0.717, 1.165) is 31.2 Å². The second-order valence-corrected chi connectivity index (χ2v) is 5.65. The topological polar surface area (TPSA) is 38.7 Å². The van der Waals surface area contributed by atoms with Crippen molar-refractivity contribution in [1.82, 2.24) is 0 Å². The molecule has 2 rings (SSSR count). The molecule has 112 valence electrons. The van der Waals surface area contributed by atoms with Gasteiger partial charge in [0.25, 0.3) is 0 Å². The van der Waals surface area contributed by atoms with Gasteiger partial charge in [0.15, 0.2) is 11.5 Å². The van der Waals surface area contributed by atoms with E-state index in [2.05, 4.69) is 6.92 Å².